The van der Waals surface area contributed by atoms with E-state index in [1.165, 1.54) is 72.8 Å². The maximum absolute atomic E-state index is 11.3. The molecule has 0 bridgehead atoms. The van der Waals surface area contributed by atoms with Gasteiger partial charge in [-0.25, -0.2) is 0 Å². The van der Waals surface area contributed by atoms with E-state index in [4.69, 9.17) is 0 Å². The summed E-state index contributed by atoms with van der Waals surface area (Å²) < 4.78 is 0. The van der Waals surface area contributed by atoms with Crippen molar-refractivity contribution in [2.45, 2.75) is 70.6 Å². The van der Waals surface area contributed by atoms with E-state index in [1.54, 1.807) is 22.3 Å². The van der Waals surface area contributed by atoms with Gasteiger partial charge < -0.3 is 0 Å². The predicted molar refractivity (Wildman–Crippen MR) is 180 cm³/mol. The highest BCUT2D eigenvalue weighted by Crippen LogP contribution is 2.35. The van der Waals surface area contributed by atoms with E-state index in [0.717, 1.165) is 31.2 Å². The van der Waals surface area contributed by atoms with Gasteiger partial charge in [0.25, 0.3) is 0 Å². The fourth-order valence-corrected chi connectivity index (χ4v) is 6.85. The summed E-state index contributed by atoms with van der Waals surface area (Å²) in [5.74, 6) is 0.312. The Morgan fingerprint density at radius 2 is 0.628 bits per heavy atom. The van der Waals surface area contributed by atoms with Crippen LogP contribution >= 0.6 is 0 Å². The first-order valence-corrected chi connectivity index (χ1v) is 16.2. The zero-order valence-corrected chi connectivity index (χ0v) is 25.2. The number of hydrogen-bond acceptors (Lipinski definition) is 1. The van der Waals surface area contributed by atoms with Crippen molar-refractivity contribution in [3.63, 3.8) is 0 Å². The van der Waals surface area contributed by atoms with Crippen LogP contribution in [0.15, 0.2) is 121 Å². The number of ketones is 1. The van der Waals surface area contributed by atoms with Gasteiger partial charge in [0, 0.05) is 12.0 Å². The predicted octanol–water partition coefficient (Wildman–Crippen LogP) is 10.2. The van der Waals surface area contributed by atoms with Crippen molar-refractivity contribution < 1.29 is 4.79 Å². The van der Waals surface area contributed by atoms with E-state index in [1.807, 2.05) is 24.3 Å². The molecule has 5 aromatic carbocycles. The molecule has 5 aromatic rings. The van der Waals surface area contributed by atoms with Gasteiger partial charge in [-0.3, -0.25) is 4.79 Å². The lowest BCUT2D eigenvalue weighted by molar-refractivity contribution is 0.0972. The Bertz CT molecular complexity index is 1580. The molecule has 0 saturated heterocycles. The van der Waals surface area contributed by atoms with E-state index in [0.29, 0.717) is 5.78 Å². The van der Waals surface area contributed by atoms with Gasteiger partial charge >= 0.3 is 0 Å². The standard InChI is InChI=1S/C13H10.C10H10O.C10H12.C9H10/c1-3-7-12-10(5-1)9-11-6-2-4-8-13(11)12;11-10-7-3-5-8-4-1-2-6-9(8)10;1-2-6-10-8-4-3-7-9(10)5-1;1-2-5-9-7-3-6-8(9)4-1/h1-8H,9H2;1-2,4,6H,3,5,7H2;1-2,5-6H,3-4,7-8H2;1-2,4-5H,3,6-7H2. The van der Waals surface area contributed by atoms with Gasteiger partial charge in [-0.15, -0.1) is 0 Å². The molecule has 0 N–H and O–H groups in total. The minimum atomic E-state index is 0.312. The van der Waals surface area contributed by atoms with Crippen LogP contribution in [-0.4, -0.2) is 5.78 Å². The summed E-state index contributed by atoms with van der Waals surface area (Å²) in [4.78, 5) is 11.3. The third-order valence-corrected chi connectivity index (χ3v) is 9.14. The summed E-state index contributed by atoms with van der Waals surface area (Å²) in [6.07, 6.45) is 13.3. The lowest BCUT2D eigenvalue weighted by Crippen LogP contribution is -2.09. The van der Waals surface area contributed by atoms with Gasteiger partial charge in [-0.2, -0.15) is 0 Å². The lowest BCUT2D eigenvalue weighted by atomic mass is 9.91. The maximum atomic E-state index is 11.3. The molecule has 0 atom stereocenters. The van der Waals surface area contributed by atoms with Crippen molar-refractivity contribution in [2.24, 2.45) is 0 Å². The van der Waals surface area contributed by atoms with Crippen LogP contribution < -0.4 is 0 Å². The molecule has 1 heteroatoms. The van der Waals surface area contributed by atoms with Crippen LogP contribution in [0.3, 0.4) is 0 Å². The first kappa shape index (κ1) is 28.9. The SMILES string of the molecule is O=C1CCCc2ccccc21.c1ccc2c(c1)CCC2.c1ccc2c(c1)CCCC2.c1ccc2c(c1)Cc1ccccc1-2. The first-order chi connectivity index (χ1) is 21.3. The van der Waals surface area contributed by atoms with E-state index in [2.05, 4.69) is 97.1 Å². The Morgan fingerprint density at radius 3 is 1.09 bits per heavy atom. The Balaban J connectivity index is 0.000000103. The number of rotatable bonds is 0. The molecule has 0 spiro atoms. The number of fused-ring (bicyclic) bond motifs is 6. The third kappa shape index (κ3) is 7.23. The van der Waals surface area contributed by atoms with Gasteiger partial charge in [0.1, 0.15) is 0 Å². The molecule has 0 fully saturated rings. The molecule has 1 nitrogen and oxygen atoms in total. The Kier molecular flexibility index (Phi) is 9.60. The van der Waals surface area contributed by atoms with E-state index >= 15 is 0 Å². The van der Waals surface area contributed by atoms with Crippen molar-refractivity contribution in [3.05, 3.63) is 166 Å². The highest BCUT2D eigenvalue weighted by Gasteiger charge is 2.16. The van der Waals surface area contributed by atoms with Crippen LogP contribution in [0.4, 0.5) is 0 Å². The first-order valence-electron chi connectivity index (χ1n) is 16.2. The minimum absolute atomic E-state index is 0.312. The molecule has 0 heterocycles. The van der Waals surface area contributed by atoms with Crippen molar-refractivity contribution in [3.8, 4) is 11.1 Å². The topological polar surface area (TPSA) is 17.1 Å². The molecular weight excluding hydrogens is 520 g/mol. The average molecular weight is 563 g/mol. The molecule has 0 amide bonds. The van der Waals surface area contributed by atoms with Crippen molar-refractivity contribution in [2.75, 3.05) is 0 Å². The minimum Gasteiger partial charge on any atom is -0.294 e. The van der Waals surface area contributed by atoms with E-state index < -0.39 is 0 Å². The summed E-state index contributed by atoms with van der Waals surface area (Å²) in [6, 6.07) is 42.8. The summed E-state index contributed by atoms with van der Waals surface area (Å²) in [7, 11) is 0. The van der Waals surface area contributed by atoms with Crippen molar-refractivity contribution in [1.82, 2.24) is 0 Å². The number of aryl methyl sites for hydroxylation is 5. The summed E-state index contributed by atoms with van der Waals surface area (Å²) in [5, 5.41) is 0. The van der Waals surface area contributed by atoms with E-state index in [9.17, 15) is 4.79 Å². The van der Waals surface area contributed by atoms with Crippen LogP contribution in [0, 0.1) is 0 Å². The highest BCUT2D eigenvalue weighted by atomic mass is 16.1. The van der Waals surface area contributed by atoms with Crippen LogP contribution in [0.1, 0.15) is 81.4 Å². The second-order valence-electron chi connectivity index (χ2n) is 12.0. The Labute approximate surface area is 257 Å². The molecule has 0 saturated carbocycles. The van der Waals surface area contributed by atoms with Crippen molar-refractivity contribution in [1.29, 1.82) is 0 Å². The lowest BCUT2D eigenvalue weighted by Gasteiger charge is -2.13. The number of carbonyl (C=O) groups excluding carboxylic acids is 1. The quantitative estimate of drug-likeness (QED) is 0.180. The molecule has 4 aliphatic carbocycles. The number of benzene rings is 5. The molecule has 0 aliphatic heterocycles. The van der Waals surface area contributed by atoms with Gasteiger partial charge in [-0.1, -0.05) is 121 Å². The second kappa shape index (κ2) is 14.3. The van der Waals surface area contributed by atoms with Crippen LogP contribution in [0.2, 0.25) is 0 Å². The fourth-order valence-electron chi connectivity index (χ4n) is 6.85. The maximum Gasteiger partial charge on any atom is 0.163 e. The summed E-state index contributed by atoms with van der Waals surface area (Å²) in [5.41, 5.74) is 14.2. The highest BCUT2D eigenvalue weighted by molar-refractivity contribution is 5.98. The molecule has 0 radical (unpaired) electrons. The molecule has 43 heavy (non-hydrogen) atoms. The number of carbonyl (C=O) groups is 1. The number of hydrogen-bond donors (Lipinski definition) is 0. The monoisotopic (exact) mass is 562 g/mol. The average Bonchev–Trinajstić information content (AvgIpc) is 3.71. The molecule has 0 aromatic heterocycles. The number of Topliss-reactive ketones (excluding diaryl/α,β-unsaturated/α-hetero) is 1. The second-order valence-corrected chi connectivity index (χ2v) is 12.0. The fraction of sp³-hybridized carbons (Fsp3) is 0.262. The zero-order chi connectivity index (χ0) is 29.3. The Morgan fingerprint density at radius 1 is 0.302 bits per heavy atom. The Hall–Kier alpha value is -4.23. The molecule has 216 valence electrons. The summed E-state index contributed by atoms with van der Waals surface area (Å²) in [6.45, 7) is 0. The molecule has 0 unspecified atom stereocenters. The van der Waals surface area contributed by atoms with Gasteiger partial charge in [-0.05, 0) is 114 Å². The van der Waals surface area contributed by atoms with Gasteiger partial charge in [0.05, 0.1) is 0 Å². The third-order valence-electron chi connectivity index (χ3n) is 9.14. The zero-order valence-electron chi connectivity index (χ0n) is 25.2. The smallest absolute Gasteiger partial charge is 0.163 e. The normalized spacial score (nSPS) is 14.9. The van der Waals surface area contributed by atoms with Crippen LogP contribution in [0.25, 0.3) is 11.1 Å². The van der Waals surface area contributed by atoms with Crippen LogP contribution in [0.5, 0.6) is 0 Å². The molecular formula is C42H42O. The van der Waals surface area contributed by atoms with Gasteiger partial charge in [0.15, 0.2) is 5.78 Å². The molecule has 4 aliphatic rings. The van der Waals surface area contributed by atoms with Crippen molar-refractivity contribution >= 4 is 5.78 Å². The van der Waals surface area contributed by atoms with Gasteiger partial charge in [0.2, 0.25) is 0 Å². The van der Waals surface area contributed by atoms with Crippen LogP contribution in [-0.2, 0) is 38.5 Å². The largest absolute Gasteiger partial charge is 0.294 e. The summed E-state index contributed by atoms with van der Waals surface area (Å²) >= 11 is 0. The molecule has 9 rings (SSSR count). The van der Waals surface area contributed by atoms with E-state index in [-0.39, 0.29) is 0 Å².